The molecule has 0 radical (unpaired) electrons. The van der Waals surface area contributed by atoms with Gasteiger partial charge in [0, 0.05) is 19.5 Å². The van der Waals surface area contributed by atoms with Gasteiger partial charge in [-0.05, 0) is 12.5 Å². The second-order valence-corrected chi connectivity index (χ2v) is 4.05. The Balaban J connectivity index is 2.62. The molecule has 0 bridgehead atoms. The maximum Gasteiger partial charge on any atom is 0.138 e. The van der Waals surface area contributed by atoms with E-state index in [0.717, 1.165) is 18.8 Å². The number of likely N-dealkylation sites (N-methyl/N-ethyl adjacent to an activating group) is 1. The molecule has 0 aliphatic rings. The SMILES string of the molecule is CCNC(Cc1ncnn1C)C(C)CC. The molecule has 1 aromatic rings. The van der Waals surface area contributed by atoms with E-state index in [1.54, 1.807) is 6.33 Å². The third-order valence-corrected chi connectivity index (χ3v) is 3.00. The number of hydrogen-bond acceptors (Lipinski definition) is 3. The standard InChI is InChI=1S/C11H22N4/c1-5-9(3)10(12-6-2)7-11-13-8-14-15(11)4/h8-10,12H,5-7H2,1-4H3. The van der Waals surface area contributed by atoms with Gasteiger partial charge in [-0.25, -0.2) is 4.98 Å². The van der Waals surface area contributed by atoms with Crippen LogP contribution in [-0.4, -0.2) is 27.4 Å². The average molecular weight is 210 g/mol. The number of aryl methyl sites for hydroxylation is 1. The first-order chi connectivity index (χ1) is 7.19. The van der Waals surface area contributed by atoms with E-state index in [1.807, 2.05) is 11.7 Å². The molecule has 4 heteroatoms. The van der Waals surface area contributed by atoms with Crippen LogP contribution in [-0.2, 0) is 13.5 Å². The molecule has 0 fully saturated rings. The molecule has 2 atom stereocenters. The molecule has 1 N–H and O–H groups in total. The summed E-state index contributed by atoms with van der Waals surface area (Å²) in [5.41, 5.74) is 0. The van der Waals surface area contributed by atoms with Crippen LogP contribution >= 0.6 is 0 Å². The van der Waals surface area contributed by atoms with Crippen molar-refractivity contribution in [2.75, 3.05) is 6.54 Å². The fourth-order valence-electron chi connectivity index (χ4n) is 1.72. The Labute approximate surface area is 92.1 Å². The van der Waals surface area contributed by atoms with Crippen LogP contribution in [0.4, 0.5) is 0 Å². The third-order valence-electron chi connectivity index (χ3n) is 3.00. The van der Waals surface area contributed by atoms with Crippen molar-refractivity contribution in [1.29, 1.82) is 0 Å². The quantitative estimate of drug-likeness (QED) is 0.771. The van der Waals surface area contributed by atoms with E-state index in [0.29, 0.717) is 12.0 Å². The van der Waals surface area contributed by atoms with Gasteiger partial charge in [-0.2, -0.15) is 5.10 Å². The summed E-state index contributed by atoms with van der Waals surface area (Å²) in [5.74, 6) is 1.72. The summed E-state index contributed by atoms with van der Waals surface area (Å²) in [5, 5.41) is 7.61. The normalized spacial score (nSPS) is 15.2. The molecule has 2 unspecified atom stereocenters. The largest absolute Gasteiger partial charge is 0.314 e. The molecule has 1 aromatic heterocycles. The maximum absolute atomic E-state index is 4.27. The van der Waals surface area contributed by atoms with Crippen LogP contribution in [0.1, 0.15) is 33.0 Å². The minimum atomic E-state index is 0.503. The van der Waals surface area contributed by atoms with E-state index in [1.165, 1.54) is 6.42 Å². The lowest BCUT2D eigenvalue weighted by molar-refractivity contribution is 0.362. The van der Waals surface area contributed by atoms with Crippen molar-refractivity contribution in [1.82, 2.24) is 20.1 Å². The molecule has 0 saturated carbocycles. The van der Waals surface area contributed by atoms with Crippen molar-refractivity contribution in [3.05, 3.63) is 12.2 Å². The van der Waals surface area contributed by atoms with E-state index in [9.17, 15) is 0 Å². The molecule has 15 heavy (non-hydrogen) atoms. The molecule has 1 heterocycles. The second-order valence-electron chi connectivity index (χ2n) is 4.05. The summed E-state index contributed by atoms with van der Waals surface area (Å²) >= 11 is 0. The molecule has 0 aliphatic carbocycles. The van der Waals surface area contributed by atoms with Crippen molar-refractivity contribution in [3.8, 4) is 0 Å². The Morgan fingerprint density at radius 2 is 2.20 bits per heavy atom. The Bertz CT molecular complexity index is 282. The Hall–Kier alpha value is -0.900. The topological polar surface area (TPSA) is 42.7 Å². The van der Waals surface area contributed by atoms with E-state index < -0.39 is 0 Å². The van der Waals surface area contributed by atoms with Gasteiger partial charge in [-0.3, -0.25) is 4.68 Å². The molecule has 0 aliphatic heterocycles. The highest BCUT2D eigenvalue weighted by Crippen LogP contribution is 2.11. The molecule has 0 aromatic carbocycles. The lowest BCUT2D eigenvalue weighted by Crippen LogP contribution is -2.37. The highest BCUT2D eigenvalue weighted by Gasteiger charge is 2.17. The molecule has 4 nitrogen and oxygen atoms in total. The van der Waals surface area contributed by atoms with E-state index in [-0.39, 0.29) is 0 Å². The van der Waals surface area contributed by atoms with Crippen LogP contribution in [0.2, 0.25) is 0 Å². The lowest BCUT2D eigenvalue weighted by Gasteiger charge is -2.23. The first-order valence-electron chi connectivity index (χ1n) is 5.75. The highest BCUT2D eigenvalue weighted by atomic mass is 15.3. The molecule has 0 amide bonds. The molecule has 86 valence electrons. The van der Waals surface area contributed by atoms with Crippen molar-refractivity contribution in [3.63, 3.8) is 0 Å². The predicted molar refractivity (Wildman–Crippen MR) is 61.6 cm³/mol. The second kappa shape index (κ2) is 5.85. The molecule has 1 rings (SSSR count). The molecular weight excluding hydrogens is 188 g/mol. The zero-order valence-corrected chi connectivity index (χ0v) is 10.2. The Morgan fingerprint density at radius 3 is 2.67 bits per heavy atom. The summed E-state index contributed by atoms with van der Waals surface area (Å²) in [6.45, 7) is 7.66. The minimum Gasteiger partial charge on any atom is -0.314 e. The maximum atomic E-state index is 4.27. The summed E-state index contributed by atoms with van der Waals surface area (Å²) in [4.78, 5) is 4.27. The highest BCUT2D eigenvalue weighted by molar-refractivity contribution is 4.90. The van der Waals surface area contributed by atoms with Crippen LogP contribution < -0.4 is 5.32 Å². The molecule has 0 spiro atoms. The number of nitrogens with one attached hydrogen (secondary N) is 1. The van der Waals surface area contributed by atoms with Gasteiger partial charge in [-0.1, -0.05) is 27.2 Å². The summed E-state index contributed by atoms with van der Waals surface area (Å²) in [7, 11) is 1.95. The van der Waals surface area contributed by atoms with Crippen molar-refractivity contribution in [2.45, 2.75) is 39.7 Å². The summed E-state index contributed by atoms with van der Waals surface area (Å²) < 4.78 is 1.85. The van der Waals surface area contributed by atoms with Crippen LogP contribution in [0.15, 0.2) is 6.33 Å². The fraction of sp³-hybridized carbons (Fsp3) is 0.818. The van der Waals surface area contributed by atoms with Crippen LogP contribution in [0.5, 0.6) is 0 Å². The lowest BCUT2D eigenvalue weighted by atomic mass is 9.96. The monoisotopic (exact) mass is 210 g/mol. The number of nitrogens with zero attached hydrogens (tertiary/aromatic N) is 3. The zero-order chi connectivity index (χ0) is 11.3. The Kier molecular flexibility index (Phi) is 4.75. The van der Waals surface area contributed by atoms with Gasteiger partial charge < -0.3 is 5.32 Å². The first-order valence-corrected chi connectivity index (χ1v) is 5.75. The summed E-state index contributed by atoms with van der Waals surface area (Å²) in [6.07, 6.45) is 3.77. The van der Waals surface area contributed by atoms with E-state index in [2.05, 4.69) is 36.2 Å². The van der Waals surface area contributed by atoms with Gasteiger partial charge in [0.05, 0.1) is 0 Å². The van der Waals surface area contributed by atoms with Gasteiger partial charge in [0.1, 0.15) is 12.2 Å². The van der Waals surface area contributed by atoms with Crippen molar-refractivity contribution in [2.24, 2.45) is 13.0 Å². The minimum absolute atomic E-state index is 0.503. The summed E-state index contributed by atoms with van der Waals surface area (Å²) in [6, 6.07) is 0.503. The first kappa shape index (κ1) is 12.2. The smallest absolute Gasteiger partial charge is 0.138 e. The molecular formula is C11H22N4. The van der Waals surface area contributed by atoms with Crippen LogP contribution in [0.3, 0.4) is 0 Å². The van der Waals surface area contributed by atoms with Gasteiger partial charge in [0.15, 0.2) is 0 Å². The zero-order valence-electron chi connectivity index (χ0n) is 10.2. The van der Waals surface area contributed by atoms with Crippen molar-refractivity contribution < 1.29 is 0 Å². The van der Waals surface area contributed by atoms with Crippen molar-refractivity contribution >= 4 is 0 Å². The van der Waals surface area contributed by atoms with E-state index in [4.69, 9.17) is 0 Å². The average Bonchev–Trinajstić information content (AvgIpc) is 2.63. The predicted octanol–water partition coefficient (Wildman–Crippen LogP) is 1.38. The van der Waals surface area contributed by atoms with Crippen LogP contribution in [0.25, 0.3) is 0 Å². The Morgan fingerprint density at radius 1 is 1.47 bits per heavy atom. The number of aromatic nitrogens is 3. The third kappa shape index (κ3) is 3.30. The van der Waals surface area contributed by atoms with Gasteiger partial charge >= 0.3 is 0 Å². The van der Waals surface area contributed by atoms with Gasteiger partial charge in [-0.15, -0.1) is 0 Å². The van der Waals surface area contributed by atoms with Crippen LogP contribution in [0, 0.1) is 5.92 Å². The van der Waals surface area contributed by atoms with Gasteiger partial charge in [0.2, 0.25) is 0 Å². The number of hydrogen-bond donors (Lipinski definition) is 1. The number of rotatable bonds is 6. The fourth-order valence-corrected chi connectivity index (χ4v) is 1.72. The van der Waals surface area contributed by atoms with E-state index >= 15 is 0 Å². The van der Waals surface area contributed by atoms with Gasteiger partial charge in [0.25, 0.3) is 0 Å². The molecule has 0 saturated heterocycles.